The van der Waals surface area contributed by atoms with E-state index in [0.717, 1.165) is 29.0 Å². The van der Waals surface area contributed by atoms with Gasteiger partial charge in [0.2, 0.25) is 0 Å². The van der Waals surface area contributed by atoms with Gasteiger partial charge in [0, 0.05) is 24.0 Å². The van der Waals surface area contributed by atoms with Crippen molar-refractivity contribution in [2.24, 2.45) is 0 Å². The number of pyridine rings is 1. The molecule has 1 saturated carbocycles. The van der Waals surface area contributed by atoms with Gasteiger partial charge in [-0.15, -0.1) is 0 Å². The molecule has 1 fully saturated rings. The van der Waals surface area contributed by atoms with Crippen LogP contribution in [0.2, 0.25) is 0 Å². The summed E-state index contributed by atoms with van der Waals surface area (Å²) in [6.45, 7) is 3.18. The maximum atomic E-state index is 5.34. The molecule has 0 bridgehead atoms. The number of anilines is 1. The molecule has 27 heavy (non-hydrogen) atoms. The molecule has 0 aliphatic heterocycles. The molecule has 0 radical (unpaired) electrons. The second-order valence-corrected chi connectivity index (χ2v) is 8.34. The molecule has 1 aliphatic rings. The van der Waals surface area contributed by atoms with Gasteiger partial charge in [-0.25, -0.2) is 4.98 Å². The predicted molar refractivity (Wildman–Crippen MR) is 114 cm³/mol. The number of ether oxygens (including phenoxy) is 1. The third-order valence-electron chi connectivity index (χ3n) is 5.62. The lowest BCUT2D eigenvalue weighted by Gasteiger charge is -2.24. The molecular weight excluding hydrogens is 354 g/mol. The van der Waals surface area contributed by atoms with Gasteiger partial charge < -0.3 is 10.1 Å². The fourth-order valence-corrected chi connectivity index (χ4v) is 4.73. The average Bonchev–Trinajstić information content (AvgIpc) is 3.33. The third kappa shape index (κ3) is 4.09. The molecule has 3 aromatic rings. The number of nitrogens with zero attached hydrogens (tertiary/aromatic N) is 2. The minimum Gasteiger partial charge on any atom is -0.497 e. The number of nitrogens with one attached hydrogen (secondary N) is 1. The Labute approximate surface area is 165 Å². The molecule has 142 valence electrons. The highest BCUT2D eigenvalue weighted by molar-refractivity contribution is 7.07. The van der Waals surface area contributed by atoms with Crippen LogP contribution in [0, 0.1) is 6.92 Å². The SMILES string of the molecule is COc1ccc2nc(N[C@H]3CC[C@H](N(C)Cc4ccsc4)C3)cc(C)c2c1. The summed E-state index contributed by atoms with van der Waals surface area (Å²) in [5.41, 5.74) is 3.66. The fraction of sp³-hybridized carbons (Fsp3) is 0.409. The summed E-state index contributed by atoms with van der Waals surface area (Å²) in [5, 5.41) is 9.24. The number of fused-ring (bicyclic) bond motifs is 1. The second kappa shape index (κ2) is 7.87. The number of benzene rings is 1. The molecule has 4 nitrogen and oxygen atoms in total. The molecule has 5 heteroatoms. The summed E-state index contributed by atoms with van der Waals surface area (Å²) < 4.78 is 5.34. The van der Waals surface area contributed by atoms with Crippen LogP contribution in [-0.4, -0.2) is 36.1 Å². The second-order valence-electron chi connectivity index (χ2n) is 7.56. The van der Waals surface area contributed by atoms with Crippen molar-refractivity contribution in [3.05, 3.63) is 52.2 Å². The van der Waals surface area contributed by atoms with Crippen LogP contribution in [0.15, 0.2) is 41.1 Å². The largest absolute Gasteiger partial charge is 0.497 e. The molecule has 2 aromatic heterocycles. The van der Waals surface area contributed by atoms with Gasteiger partial charge in [0.05, 0.1) is 12.6 Å². The van der Waals surface area contributed by atoms with Gasteiger partial charge in [-0.3, -0.25) is 4.90 Å². The Bertz CT molecular complexity index is 909. The zero-order chi connectivity index (χ0) is 18.8. The summed E-state index contributed by atoms with van der Waals surface area (Å²) in [5.74, 6) is 1.86. The Morgan fingerprint density at radius 1 is 1.26 bits per heavy atom. The van der Waals surface area contributed by atoms with E-state index in [-0.39, 0.29) is 0 Å². The maximum absolute atomic E-state index is 5.34. The van der Waals surface area contributed by atoms with Crippen molar-refractivity contribution in [3.8, 4) is 5.75 Å². The molecule has 0 amide bonds. The van der Waals surface area contributed by atoms with Crippen LogP contribution in [0.3, 0.4) is 0 Å². The lowest BCUT2D eigenvalue weighted by molar-refractivity contribution is 0.236. The molecule has 0 spiro atoms. The van der Waals surface area contributed by atoms with Gasteiger partial charge in [0.25, 0.3) is 0 Å². The highest BCUT2D eigenvalue weighted by atomic mass is 32.1. The van der Waals surface area contributed by atoms with Crippen molar-refractivity contribution in [2.45, 2.75) is 44.8 Å². The number of thiophene rings is 1. The Kier molecular flexibility index (Phi) is 5.32. The molecule has 4 rings (SSSR count). The molecular formula is C22H27N3OS. The van der Waals surface area contributed by atoms with Crippen LogP contribution in [0.5, 0.6) is 5.75 Å². The highest BCUT2D eigenvalue weighted by Crippen LogP contribution is 2.29. The minimum atomic E-state index is 0.488. The fourth-order valence-electron chi connectivity index (χ4n) is 4.07. The quantitative estimate of drug-likeness (QED) is 0.646. The van der Waals surface area contributed by atoms with Crippen molar-refractivity contribution < 1.29 is 4.74 Å². The van der Waals surface area contributed by atoms with Crippen LogP contribution >= 0.6 is 11.3 Å². The molecule has 1 aliphatic carbocycles. The van der Waals surface area contributed by atoms with Crippen LogP contribution < -0.4 is 10.1 Å². The van der Waals surface area contributed by atoms with E-state index in [1.165, 1.54) is 30.4 Å². The van der Waals surface area contributed by atoms with Crippen molar-refractivity contribution >= 4 is 28.1 Å². The Balaban J connectivity index is 1.42. The third-order valence-corrected chi connectivity index (χ3v) is 6.35. The van der Waals surface area contributed by atoms with Gasteiger partial charge in [-0.05, 0) is 85.5 Å². The van der Waals surface area contributed by atoms with E-state index < -0.39 is 0 Å². The average molecular weight is 382 g/mol. The summed E-state index contributed by atoms with van der Waals surface area (Å²) in [4.78, 5) is 7.32. The van der Waals surface area contributed by atoms with Crippen LogP contribution in [0.1, 0.15) is 30.4 Å². The summed E-state index contributed by atoms with van der Waals surface area (Å²) in [7, 11) is 3.95. The number of aryl methyl sites for hydroxylation is 1. The van der Waals surface area contributed by atoms with Crippen molar-refractivity contribution in [1.82, 2.24) is 9.88 Å². The van der Waals surface area contributed by atoms with Crippen molar-refractivity contribution in [2.75, 3.05) is 19.5 Å². The van der Waals surface area contributed by atoms with E-state index in [4.69, 9.17) is 9.72 Å². The van der Waals surface area contributed by atoms with Gasteiger partial charge in [0.1, 0.15) is 11.6 Å². The lowest BCUT2D eigenvalue weighted by Crippen LogP contribution is -2.30. The van der Waals surface area contributed by atoms with E-state index in [2.05, 4.69) is 53.1 Å². The number of methoxy groups -OCH3 is 1. The zero-order valence-electron chi connectivity index (χ0n) is 16.2. The Morgan fingerprint density at radius 2 is 2.15 bits per heavy atom. The van der Waals surface area contributed by atoms with Crippen LogP contribution in [0.25, 0.3) is 10.9 Å². The van der Waals surface area contributed by atoms with Crippen molar-refractivity contribution in [3.63, 3.8) is 0 Å². The standard InChI is InChI=1S/C22H27N3OS/c1-15-10-22(24-21-7-6-19(26-3)12-20(15)21)23-17-4-5-18(11-17)25(2)13-16-8-9-27-14-16/h6-10,12,14,17-18H,4-5,11,13H2,1-3H3,(H,23,24)/t17-,18-/m0/s1. The first kappa shape index (κ1) is 18.3. The Morgan fingerprint density at radius 3 is 2.93 bits per heavy atom. The van der Waals surface area contributed by atoms with E-state index in [1.54, 1.807) is 18.4 Å². The van der Waals surface area contributed by atoms with Gasteiger partial charge in [0.15, 0.2) is 0 Å². The van der Waals surface area contributed by atoms with Crippen LogP contribution in [0.4, 0.5) is 5.82 Å². The topological polar surface area (TPSA) is 37.4 Å². The molecule has 1 aromatic carbocycles. The number of aromatic nitrogens is 1. The van der Waals surface area contributed by atoms with E-state index >= 15 is 0 Å². The Hall–Kier alpha value is -2.11. The molecule has 0 saturated heterocycles. The monoisotopic (exact) mass is 381 g/mol. The maximum Gasteiger partial charge on any atom is 0.127 e. The molecule has 2 atom stereocenters. The molecule has 1 N–H and O–H groups in total. The van der Waals surface area contributed by atoms with Gasteiger partial charge in [-0.2, -0.15) is 11.3 Å². The summed E-state index contributed by atoms with van der Waals surface area (Å²) in [6, 6.07) is 11.6. The predicted octanol–water partition coefficient (Wildman–Crippen LogP) is 5.08. The first-order valence-electron chi connectivity index (χ1n) is 9.55. The highest BCUT2D eigenvalue weighted by Gasteiger charge is 2.27. The van der Waals surface area contributed by atoms with Crippen LogP contribution in [-0.2, 0) is 6.54 Å². The molecule has 0 unspecified atom stereocenters. The number of hydrogen-bond acceptors (Lipinski definition) is 5. The van der Waals surface area contributed by atoms with Gasteiger partial charge >= 0.3 is 0 Å². The summed E-state index contributed by atoms with van der Waals surface area (Å²) >= 11 is 1.78. The zero-order valence-corrected chi connectivity index (χ0v) is 17.1. The normalized spacial score (nSPS) is 19.7. The minimum absolute atomic E-state index is 0.488. The number of hydrogen-bond donors (Lipinski definition) is 1. The number of rotatable bonds is 6. The van der Waals surface area contributed by atoms with Crippen molar-refractivity contribution in [1.29, 1.82) is 0 Å². The van der Waals surface area contributed by atoms with E-state index in [0.29, 0.717) is 12.1 Å². The van der Waals surface area contributed by atoms with Gasteiger partial charge in [-0.1, -0.05) is 0 Å². The first-order chi connectivity index (χ1) is 13.1. The summed E-state index contributed by atoms with van der Waals surface area (Å²) in [6.07, 6.45) is 3.60. The lowest BCUT2D eigenvalue weighted by atomic mass is 10.1. The van der Waals surface area contributed by atoms with E-state index in [1.807, 2.05) is 12.1 Å². The first-order valence-corrected chi connectivity index (χ1v) is 10.5. The van der Waals surface area contributed by atoms with E-state index in [9.17, 15) is 0 Å². The molecule has 2 heterocycles. The smallest absolute Gasteiger partial charge is 0.127 e.